The molecule has 0 saturated carbocycles. The number of imidazole rings is 1. The molecule has 0 saturated heterocycles. The average molecular weight is 911 g/mol. The van der Waals surface area contributed by atoms with E-state index in [-0.39, 0.29) is 20.1 Å². The van der Waals surface area contributed by atoms with Gasteiger partial charge in [-0.15, -0.1) is 54.1 Å². The van der Waals surface area contributed by atoms with Gasteiger partial charge in [0.2, 0.25) is 0 Å². The normalized spacial score (nSPS) is 12.7. The van der Waals surface area contributed by atoms with Crippen molar-refractivity contribution in [1.29, 1.82) is 0 Å². The Bertz CT molecular complexity index is 2870. The van der Waals surface area contributed by atoms with Crippen LogP contribution in [0.2, 0.25) is 0 Å². The van der Waals surface area contributed by atoms with Crippen LogP contribution < -0.4 is 0 Å². The van der Waals surface area contributed by atoms with E-state index in [0.717, 1.165) is 89.1 Å². The second-order valence-electron chi connectivity index (χ2n) is 14.4. The van der Waals surface area contributed by atoms with Crippen LogP contribution in [-0.4, -0.2) is 14.5 Å². The second kappa shape index (κ2) is 16.6. The molecule has 0 spiro atoms. The van der Waals surface area contributed by atoms with Crippen molar-refractivity contribution >= 4 is 33.0 Å². The third kappa shape index (κ3) is 7.50. The number of rotatable bonds is 7. The number of hydrogen-bond donors (Lipinski definition) is 0. The van der Waals surface area contributed by atoms with Gasteiger partial charge in [-0.05, 0) is 75.5 Å². The SMILES string of the molecule is [2H]C(C)(C)c1ccc(-c2ccnc(-c3[c-]ccc4c3oc3ccccc34)c2)cc1.[2H]C(C)(C)c1cccc(C([2H])(C)C)c1-n1c(-c2[c-]cccc2)nc2ccccc21.[Ir]. The van der Waals surface area contributed by atoms with Gasteiger partial charge in [-0.3, -0.25) is 4.98 Å². The fourth-order valence-corrected chi connectivity index (χ4v) is 7.18. The Morgan fingerprint density at radius 3 is 2.07 bits per heavy atom. The molecule has 56 heavy (non-hydrogen) atoms. The molecule has 6 aromatic carbocycles. The molecule has 0 aliphatic rings. The van der Waals surface area contributed by atoms with E-state index >= 15 is 0 Å². The molecule has 9 rings (SSSR count). The monoisotopic (exact) mass is 911 g/mol. The molecule has 0 aliphatic heterocycles. The minimum atomic E-state index is -0.834. The molecule has 3 aromatic heterocycles. The van der Waals surface area contributed by atoms with Gasteiger partial charge in [-0.25, -0.2) is 0 Å². The van der Waals surface area contributed by atoms with Crippen molar-refractivity contribution in [3.8, 4) is 39.5 Å². The van der Waals surface area contributed by atoms with Crippen LogP contribution in [0.3, 0.4) is 0 Å². The third-order valence-corrected chi connectivity index (χ3v) is 10.00. The van der Waals surface area contributed by atoms with E-state index in [2.05, 4.69) is 45.9 Å². The van der Waals surface area contributed by atoms with Gasteiger partial charge in [0.05, 0.1) is 22.4 Å². The summed E-state index contributed by atoms with van der Waals surface area (Å²) < 4.78 is 34.0. The van der Waals surface area contributed by atoms with Gasteiger partial charge >= 0.3 is 0 Å². The maximum Gasteiger partial charge on any atom is 0.120 e. The van der Waals surface area contributed by atoms with Crippen LogP contribution in [0, 0.1) is 12.1 Å². The molecule has 281 valence electrons. The quantitative estimate of drug-likeness (QED) is 0.150. The minimum Gasteiger partial charge on any atom is -0.501 e. The first-order valence-corrected chi connectivity index (χ1v) is 18.7. The van der Waals surface area contributed by atoms with Crippen LogP contribution in [0.5, 0.6) is 0 Å². The van der Waals surface area contributed by atoms with E-state index in [0.29, 0.717) is 0 Å². The number of hydrogen-bond acceptors (Lipinski definition) is 3. The summed E-state index contributed by atoms with van der Waals surface area (Å²) in [4.78, 5) is 9.51. The summed E-state index contributed by atoms with van der Waals surface area (Å²) in [5.74, 6) is -1.50. The van der Waals surface area contributed by atoms with Gasteiger partial charge in [0.25, 0.3) is 0 Å². The first-order valence-electron chi connectivity index (χ1n) is 20.2. The standard InChI is InChI=1S/C26H20NO.C25H25N2.Ir/c1-17(2)18-10-12-19(13-11-18)20-14-15-27-24(16-20)23-8-5-7-22-21-6-3-4-9-25(21)28-26(22)23;1-17(2)20-13-10-14-21(18(3)4)24(20)27-23-16-9-8-15-22(23)26-25(27)19-11-6-5-7-12-19;/h3-7,9-17H,1-2H3;5-11,13-18H,1-4H3;/q2*-1;/i17D;17D,18D;. The fourth-order valence-electron chi connectivity index (χ4n) is 7.18. The van der Waals surface area contributed by atoms with E-state index in [1.54, 1.807) is 0 Å². The molecule has 4 nitrogen and oxygen atoms in total. The summed E-state index contributed by atoms with van der Waals surface area (Å²) in [6, 6.07) is 52.6. The van der Waals surface area contributed by atoms with Gasteiger partial charge in [-0.2, -0.15) is 0 Å². The van der Waals surface area contributed by atoms with Crippen LogP contribution >= 0.6 is 0 Å². The Kier molecular flexibility index (Phi) is 10.3. The summed E-state index contributed by atoms with van der Waals surface area (Å²) in [5, 5.41) is 2.17. The fraction of sp³-hybridized carbons (Fsp3) is 0.176. The minimum absolute atomic E-state index is 0. The van der Waals surface area contributed by atoms with Gasteiger partial charge in [-0.1, -0.05) is 131 Å². The van der Waals surface area contributed by atoms with Gasteiger partial charge in [0.1, 0.15) is 5.58 Å². The molecular formula is C51H45IrN3O-2. The third-order valence-electron chi connectivity index (χ3n) is 10.00. The molecule has 3 heterocycles. The van der Waals surface area contributed by atoms with Crippen molar-refractivity contribution in [2.75, 3.05) is 0 Å². The Balaban J connectivity index is 0.000000176. The zero-order valence-corrected chi connectivity index (χ0v) is 34.8. The second-order valence-corrected chi connectivity index (χ2v) is 14.4. The number of fused-ring (bicyclic) bond motifs is 4. The van der Waals surface area contributed by atoms with E-state index in [1.165, 1.54) is 0 Å². The average Bonchev–Trinajstić information content (AvgIpc) is 3.79. The molecule has 1 radical (unpaired) electrons. The first kappa shape index (κ1) is 34.8. The van der Waals surface area contributed by atoms with Crippen molar-refractivity contribution < 1.29 is 28.6 Å². The molecular weight excluding hydrogens is 863 g/mol. The van der Waals surface area contributed by atoms with Crippen LogP contribution in [-0.2, 0) is 20.1 Å². The number of nitrogens with zero attached hydrogens (tertiary/aromatic N) is 3. The molecule has 0 atom stereocenters. The molecule has 0 aliphatic carbocycles. The molecule has 0 unspecified atom stereocenters. The topological polar surface area (TPSA) is 43.9 Å². The predicted molar refractivity (Wildman–Crippen MR) is 229 cm³/mol. The van der Waals surface area contributed by atoms with Crippen molar-refractivity contribution in [3.63, 3.8) is 0 Å². The number of furan rings is 1. The molecule has 9 aromatic rings. The number of para-hydroxylation sites is 4. The van der Waals surface area contributed by atoms with Crippen molar-refractivity contribution in [2.24, 2.45) is 0 Å². The molecule has 5 heteroatoms. The number of benzene rings is 6. The molecule has 0 fully saturated rings. The zero-order chi connectivity index (χ0) is 40.8. The van der Waals surface area contributed by atoms with Crippen molar-refractivity contribution in [3.05, 3.63) is 175 Å². The van der Waals surface area contributed by atoms with E-state index < -0.39 is 17.7 Å². The van der Waals surface area contributed by atoms with Crippen LogP contribution in [0.25, 0.3) is 72.4 Å². The van der Waals surface area contributed by atoms with E-state index in [9.17, 15) is 0 Å². The molecule has 0 bridgehead atoms. The van der Waals surface area contributed by atoms with Crippen LogP contribution in [0.4, 0.5) is 0 Å². The molecule has 0 amide bonds. The van der Waals surface area contributed by atoms with Crippen LogP contribution in [0.1, 0.15) is 80.0 Å². The molecule has 0 N–H and O–H groups in total. The number of pyridine rings is 1. The van der Waals surface area contributed by atoms with Crippen molar-refractivity contribution in [2.45, 2.75) is 59.2 Å². The maximum atomic E-state index is 8.80. The maximum absolute atomic E-state index is 8.80. The van der Waals surface area contributed by atoms with Gasteiger partial charge in [0, 0.05) is 41.5 Å². The smallest absolute Gasteiger partial charge is 0.120 e. The Morgan fingerprint density at radius 1 is 0.643 bits per heavy atom. The van der Waals surface area contributed by atoms with Gasteiger partial charge < -0.3 is 14.0 Å². The summed E-state index contributed by atoms with van der Waals surface area (Å²) in [5.41, 5.74) is 11.9. The van der Waals surface area contributed by atoms with Crippen molar-refractivity contribution in [1.82, 2.24) is 14.5 Å². The summed E-state index contributed by atoms with van der Waals surface area (Å²) in [6.45, 7) is 11.4. The zero-order valence-electron chi connectivity index (χ0n) is 35.4. The van der Waals surface area contributed by atoms with E-state index in [1.807, 2.05) is 163 Å². The summed E-state index contributed by atoms with van der Waals surface area (Å²) in [6.07, 6.45) is 1.82. The Hall–Kier alpha value is -5.61. The largest absolute Gasteiger partial charge is 0.501 e. The number of aromatic nitrogens is 3. The summed E-state index contributed by atoms with van der Waals surface area (Å²) >= 11 is 0. The van der Waals surface area contributed by atoms with Crippen LogP contribution in [0.15, 0.2) is 150 Å². The van der Waals surface area contributed by atoms with E-state index in [4.69, 9.17) is 13.5 Å². The Morgan fingerprint density at radius 2 is 1.36 bits per heavy atom. The van der Waals surface area contributed by atoms with Gasteiger partial charge in [0.15, 0.2) is 0 Å². The Labute approximate surface area is 347 Å². The summed E-state index contributed by atoms with van der Waals surface area (Å²) in [7, 11) is 0. The first-order chi connectivity index (χ1) is 27.7. The predicted octanol–water partition coefficient (Wildman–Crippen LogP) is 14.0.